The van der Waals surface area contributed by atoms with Crippen LogP contribution in [0.15, 0.2) is 24.3 Å². The maximum atomic E-state index is 12.1. The molecule has 4 nitrogen and oxygen atoms in total. The second-order valence-electron chi connectivity index (χ2n) is 6.11. The van der Waals surface area contributed by atoms with E-state index in [2.05, 4.69) is 16.3 Å². The zero-order valence-corrected chi connectivity index (χ0v) is 12.2. The minimum Gasteiger partial charge on any atom is -0.353 e. The van der Waals surface area contributed by atoms with Crippen molar-refractivity contribution in [2.75, 3.05) is 13.1 Å². The van der Waals surface area contributed by atoms with Crippen LogP contribution >= 0.6 is 0 Å². The van der Waals surface area contributed by atoms with Crippen LogP contribution in [0.2, 0.25) is 0 Å². The van der Waals surface area contributed by atoms with Gasteiger partial charge in [-0.15, -0.1) is 0 Å². The van der Waals surface area contributed by atoms with Crippen molar-refractivity contribution in [3.63, 3.8) is 0 Å². The van der Waals surface area contributed by atoms with Gasteiger partial charge in [0.15, 0.2) is 0 Å². The van der Waals surface area contributed by atoms with Crippen LogP contribution in [0.3, 0.4) is 0 Å². The lowest BCUT2D eigenvalue weighted by Crippen LogP contribution is -2.47. The summed E-state index contributed by atoms with van der Waals surface area (Å²) >= 11 is 0. The van der Waals surface area contributed by atoms with Crippen LogP contribution < -0.4 is 5.32 Å². The van der Waals surface area contributed by atoms with E-state index in [9.17, 15) is 4.79 Å². The number of fused-ring (bicyclic) bond motifs is 1. The number of hydrogen-bond acceptors (Lipinski definition) is 3. The molecule has 1 amide bonds. The number of rotatable bonds is 3. The predicted octanol–water partition coefficient (Wildman–Crippen LogP) is 1.84. The van der Waals surface area contributed by atoms with Gasteiger partial charge in [0.2, 0.25) is 5.91 Å². The summed E-state index contributed by atoms with van der Waals surface area (Å²) in [7, 11) is 0. The van der Waals surface area contributed by atoms with E-state index < -0.39 is 0 Å². The molecule has 0 aliphatic carbocycles. The maximum Gasteiger partial charge on any atom is 0.224 e. The molecule has 0 saturated carbocycles. The summed E-state index contributed by atoms with van der Waals surface area (Å²) in [5.74, 6) is 0.0937. The minimum absolute atomic E-state index is 0.0937. The van der Waals surface area contributed by atoms with Crippen molar-refractivity contribution in [3.05, 3.63) is 35.4 Å². The first-order valence-corrected chi connectivity index (χ1v) is 7.77. The van der Waals surface area contributed by atoms with E-state index in [4.69, 9.17) is 5.26 Å². The van der Waals surface area contributed by atoms with Gasteiger partial charge in [-0.05, 0) is 49.9 Å². The van der Waals surface area contributed by atoms with Gasteiger partial charge in [-0.2, -0.15) is 5.26 Å². The van der Waals surface area contributed by atoms with Gasteiger partial charge < -0.3 is 10.2 Å². The summed E-state index contributed by atoms with van der Waals surface area (Å²) in [4.78, 5) is 14.7. The summed E-state index contributed by atoms with van der Waals surface area (Å²) in [6.45, 7) is 2.35. The molecule has 0 bridgehead atoms. The van der Waals surface area contributed by atoms with E-state index in [0.717, 1.165) is 24.9 Å². The van der Waals surface area contributed by atoms with Gasteiger partial charge in [-0.3, -0.25) is 4.79 Å². The largest absolute Gasteiger partial charge is 0.353 e. The molecule has 2 aliphatic rings. The Kier molecular flexibility index (Phi) is 4.21. The molecule has 0 radical (unpaired) electrons. The monoisotopic (exact) mass is 283 g/mol. The highest BCUT2D eigenvalue weighted by Gasteiger charge is 2.32. The Morgan fingerprint density at radius 1 is 1.29 bits per heavy atom. The van der Waals surface area contributed by atoms with E-state index in [1.807, 2.05) is 12.1 Å². The van der Waals surface area contributed by atoms with Crippen molar-refractivity contribution in [2.24, 2.45) is 0 Å². The number of nitrogens with zero attached hydrogens (tertiary/aromatic N) is 2. The van der Waals surface area contributed by atoms with E-state index in [0.29, 0.717) is 24.1 Å². The molecule has 21 heavy (non-hydrogen) atoms. The van der Waals surface area contributed by atoms with Crippen LogP contribution in [0.25, 0.3) is 0 Å². The third kappa shape index (κ3) is 3.43. The second kappa shape index (κ2) is 6.28. The second-order valence-corrected chi connectivity index (χ2v) is 6.11. The molecule has 2 unspecified atom stereocenters. The van der Waals surface area contributed by atoms with Crippen LogP contribution in [0.4, 0.5) is 0 Å². The Morgan fingerprint density at radius 3 is 2.86 bits per heavy atom. The fraction of sp³-hybridized carbons (Fsp3) is 0.529. The average Bonchev–Trinajstić information content (AvgIpc) is 2.95. The lowest BCUT2D eigenvalue weighted by molar-refractivity contribution is -0.121. The topological polar surface area (TPSA) is 56.1 Å². The van der Waals surface area contributed by atoms with Gasteiger partial charge in [0.1, 0.15) is 0 Å². The van der Waals surface area contributed by atoms with E-state index >= 15 is 0 Å². The van der Waals surface area contributed by atoms with Gasteiger partial charge in [0.05, 0.1) is 18.1 Å². The van der Waals surface area contributed by atoms with Crippen molar-refractivity contribution < 1.29 is 4.79 Å². The van der Waals surface area contributed by atoms with E-state index in [1.165, 1.54) is 19.4 Å². The number of amides is 1. The summed E-state index contributed by atoms with van der Waals surface area (Å²) in [5, 5.41) is 11.9. The van der Waals surface area contributed by atoms with Gasteiger partial charge in [-0.25, -0.2) is 0 Å². The third-order valence-corrected chi connectivity index (χ3v) is 4.63. The first-order valence-electron chi connectivity index (χ1n) is 7.77. The van der Waals surface area contributed by atoms with Crippen molar-refractivity contribution >= 4 is 5.91 Å². The van der Waals surface area contributed by atoms with Crippen molar-refractivity contribution in [1.29, 1.82) is 5.26 Å². The molecule has 2 heterocycles. The molecule has 2 aliphatic heterocycles. The number of nitriles is 1. The van der Waals surface area contributed by atoms with Gasteiger partial charge in [-0.1, -0.05) is 12.1 Å². The number of nitrogens with one attached hydrogen (secondary N) is 1. The molecule has 1 aromatic rings. The highest BCUT2D eigenvalue weighted by Crippen LogP contribution is 2.26. The number of benzene rings is 1. The van der Waals surface area contributed by atoms with E-state index in [1.54, 1.807) is 12.1 Å². The van der Waals surface area contributed by atoms with Crippen LogP contribution in [-0.2, 0) is 11.2 Å². The lowest BCUT2D eigenvalue weighted by atomic mass is 9.97. The average molecular weight is 283 g/mol. The molecular formula is C17H21N3O. The van der Waals surface area contributed by atoms with Gasteiger partial charge >= 0.3 is 0 Å². The quantitative estimate of drug-likeness (QED) is 0.921. The number of carbonyl (C=O) groups is 1. The van der Waals surface area contributed by atoms with Crippen molar-refractivity contribution in [3.8, 4) is 6.07 Å². The number of piperidine rings is 1. The Hall–Kier alpha value is -1.86. The molecule has 1 N–H and O–H groups in total. The lowest BCUT2D eigenvalue weighted by Gasteiger charge is -2.35. The van der Waals surface area contributed by atoms with Crippen LogP contribution in [0.1, 0.15) is 36.8 Å². The van der Waals surface area contributed by atoms with Crippen molar-refractivity contribution in [1.82, 2.24) is 10.2 Å². The number of carbonyl (C=O) groups excluding carboxylic acids is 1. The fourth-order valence-electron chi connectivity index (χ4n) is 3.52. The zero-order chi connectivity index (χ0) is 14.7. The smallest absolute Gasteiger partial charge is 0.224 e. The summed E-state index contributed by atoms with van der Waals surface area (Å²) in [6, 6.07) is 10.3. The minimum atomic E-state index is 0.0937. The molecular weight excluding hydrogens is 262 g/mol. The summed E-state index contributed by atoms with van der Waals surface area (Å²) in [6.07, 6.45) is 5.14. The molecule has 0 spiro atoms. The van der Waals surface area contributed by atoms with Crippen LogP contribution in [0, 0.1) is 11.3 Å². The Balaban J connectivity index is 1.50. The predicted molar refractivity (Wildman–Crippen MR) is 80.6 cm³/mol. The SMILES string of the molecule is N#Cc1ccc(CC(=O)NC2CCN3CCCC3C2)cc1. The van der Waals surface area contributed by atoms with Gasteiger partial charge in [0, 0.05) is 18.6 Å². The molecule has 3 rings (SSSR count). The standard InChI is InChI=1S/C17H21N3O/c18-12-14-5-3-13(4-6-14)10-17(21)19-15-7-9-20-8-1-2-16(20)11-15/h3-6,15-16H,1-2,7-11H2,(H,19,21). The molecule has 2 saturated heterocycles. The number of hydrogen-bond donors (Lipinski definition) is 1. The highest BCUT2D eigenvalue weighted by molar-refractivity contribution is 5.78. The fourth-order valence-corrected chi connectivity index (χ4v) is 3.52. The zero-order valence-electron chi connectivity index (χ0n) is 12.2. The molecule has 0 aromatic heterocycles. The third-order valence-electron chi connectivity index (χ3n) is 4.63. The molecule has 1 aromatic carbocycles. The first-order chi connectivity index (χ1) is 10.2. The Bertz CT molecular complexity index is 546. The van der Waals surface area contributed by atoms with Crippen LogP contribution in [-0.4, -0.2) is 36.0 Å². The molecule has 2 fully saturated rings. The normalized spacial score (nSPS) is 25.1. The summed E-state index contributed by atoms with van der Waals surface area (Å²) in [5.41, 5.74) is 1.59. The van der Waals surface area contributed by atoms with Crippen LogP contribution in [0.5, 0.6) is 0 Å². The molecule has 4 heteroatoms. The maximum absolute atomic E-state index is 12.1. The molecule has 2 atom stereocenters. The van der Waals surface area contributed by atoms with Gasteiger partial charge in [0.25, 0.3) is 0 Å². The summed E-state index contributed by atoms with van der Waals surface area (Å²) < 4.78 is 0. The Morgan fingerprint density at radius 2 is 2.10 bits per heavy atom. The molecule has 110 valence electrons. The first kappa shape index (κ1) is 14.1. The van der Waals surface area contributed by atoms with Crippen molar-refractivity contribution in [2.45, 2.75) is 44.2 Å². The Labute approximate surface area is 125 Å². The van der Waals surface area contributed by atoms with E-state index in [-0.39, 0.29) is 5.91 Å². The highest BCUT2D eigenvalue weighted by atomic mass is 16.1.